The van der Waals surface area contributed by atoms with Crippen molar-refractivity contribution < 1.29 is 19.0 Å². The van der Waals surface area contributed by atoms with E-state index in [9.17, 15) is 9.59 Å². The molecule has 0 saturated carbocycles. The molecule has 37 heavy (non-hydrogen) atoms. The van der Waals surface area contributed by atoms with Crippen molar-refractivity contribution >= 4 is 45.0 Å². The smallest absolute Gasteiger partial charge is 0.338 e. The van der Waals surface area contributed by atoms with E-state index in [2.05, 4.69) is 20.9 Å². The minimum Gasteiger partial charge on any atom is -0.493 e. The van der Waals surface area contributed by atoms with Gasteiger partial charge in [-0.3, -0.25) is 9.36 Å². The highest BCUT2D eigenvalue weighted by molar-refractivity contribution is 9.10. The van der Waals surface area contributed by atoms with E-state index in [1.165, 1.54) is 11.3 Å². The molecule has 194 valence electrons. The van der Waals surface area contributed by atoms with Gasteiger partial charge in [0.1, 0.15) is 0 Å². The molecule has 10 heteroatoms. The first-order valence-corrected chi connectivity index (χ1v) is 13.2. The average Bonchev–Trinajstić information content (AvgIpc) is 3.17. The molecule has 1 aliphatic heterocycles. The third-order valence-corrected chi connectivity index (χ3v) is 7.57. The Morgan fingerprint density at radius 2 is 1.89 bits per heavy atom. The van der Waals surface area contributed by atoms with Crippen molar-refractivity contribution in [2.45, 2.75) is 19.9 Å². The first-order valence-electron chi connectivity index (χ1n) is 11.6. The lowest BCUT2D eigenvalue weighted by Gasteiger charge is -2.25. The number of rotatable bonds is 7. The second-order valence-electron chi connectivity index (χ2n) is 8.53. The Balaban J connectivity index is 1.93. The summed E-state index contributed by atoms with van der Waals surface area (Å²) in [6.45, 7) is 3.75. The number of thiazole rings is 1. The van der Waals surface area contributed by atoms with Crippen LogP contribution < -0.4 is 29.3 Å². The van der Waals surface area contributed by atoms with Crippen LogP contribution in [0.2, 0.25) is 0 Å². The predicted molar refractivity (Wildman–Crippen MR) is 148 cm³/mol. The quantitative estimate of drug-likeness (QED) is 0.394. The maximum absolute atomic E-state index is 13.8. The van der Waals surface area contributed by atoms with Gasteiger partial charge in [0.05, 0.1) is 47.1 Å². The van der Waals surface area contributed by atoms with E-state index in [4.69, 9.17) is 14.2 Å². The number of benzene rings is 2. The number of allylic oxidation sites excluding steroid dienone is 1. The van der Waals surface area contributed by atoms with Gasteiger partial charge >= 0.3 is 5.97 Å². The molecule has 1 aliphatic rings. The molecule has 1 unspecified atom stereocenters. The average molecular weight is 587 g/mol. The second-order valence-corrected chi connectivity index (χ2v) is 10.4. The van der Waals surface area contributed by atoms with E-state index in [1.807, 2.05) is 49.3 Å². The highest BCUT2D eigenvalue weighted by atomic mass is 79.9. The Hall–Kier alpha value is -3.37. The van der Waals surface area contributed by atoms with Crippen LogP contribution in [-0.4, -0.2) is 45.5 Å². The lowest BCUT2D eigenvalue weighted by Crippen LogP contribution is -2.39. The van der Waals surface area contributed by atoms with Crippen LogP contribution in [0.4, 0.5) is 5.69 Å². The van der Waals surface area contributed by atoms with Crippen molar-refractivity contribution in [1.29, 1.82) is 0 Å². The van der Waals surface area contributed by atoms with Gasteiger partial charge in [-0.15, -0.1) is 0 Å². The minimum atomic E-state index is -0.661. The van der Waals surface area contributed by atoms with Gasteiger partial charge in [-0.25, -0.2) is 9.79 Å². The highest BCUT2D eigenvalue weighted by Gasteiger charge is 2.33. The highest BCUT2D eigenvalue weighted by Crippen LogP contribution is 2.36. The molecule has 0 bridgehead atoms. The fraction of sp³-hybridized carbons (Fsp3) is 0.296. The molecule has 0 amide bonds. The lowest BCUT2D eigenvalue weighted by atomic mass is 9.95. The fourth-order valence-corrected chi connectivity index (χ4v) is 5.90. The summed E-state index contributed by atoms with van der Waals surface area (Å²) < 4.78 is 19.0. The number of hydrogen-bond acceptors (Lipinski definition) is 8. The first kappa shape index (κ1) is 26.7. The number of aromatic nitrogens is 1. The van der Waals surface area contributed by atoms with E-state index in [0.29, 0.717) is 36.6 Å². The molecule has 3 aromatic rings. The van der Waals surface area contributed by atoms with Gasteiger partial charge in [-0.2, -0.15) is 0 Å². The molecule has 8 nitrogen and oxygen atoms in total. The second kappa shape index (κ2) is 10.9. The Labute approximate surface area is 227 Å². The molecule has 4 rings (SSSR count). The molecule has 1 aromatic heterocycles. The summed E-state index contributed by atoms with van der Waals surface area (Å²) in [5.41, 5.74) is 3.20. The van der Waals surface area contributed by atoms with E-state index < -0.39 is 12.0 Å². The molecule has 2 aromatic carbocycles. The standard InChI is InChI=1S/C27H28BrN3O5S/c1-7-36-26(33)22-15(2)29-27-31(23(22)17-8-10-18(11-9-17)30(3)4)25(32)21(37-27)14-16-12-19(28)24(35-6)20(13-16)34-5/h8-14,23H,7H2,1-6H3/b21-14-. The van der Waals surface area contributed by atoms with Gasteiger partial charge in [0, 0.05) is 19.8 Å². The summed E-state index contributed by atoms with van der Waals surface area (Å²) in [5, 5.41) is 0. The van der Waals surface area contributed by atoms with E-state index in [-0.39, 0.29) is 12.2 Å². The normalized spacial score (nSPS) is 15.2. The van der Waals surface area contributed by atoms with Gasteiger partial charge in [0.15, 0.2) is 16.3 Å². The lowest BCUT2D eigenvalue weighted by molar-refractivity contribution is -0.139. The first-order chi connectivity index (χ1) is 17.7. The van der Waals surface area contributed by atoms with Crippen LogP contribution in [0.5, 0.6) is 11.5 Å². The number of carbonyl (C=O) groups excluding carboxylic acids is 1. The van der Waals surface area contributed by atoms with Crippen LogP contribution in [0.25, 0.3) is 6.08 Å². The number of halogens is 1. The summed E-state index contributed by atoms with van der Waals surface area (Å²) >= 11 is 4.78. The molecular formula is C27H28BrN3O5S. The van der Waals surface area contributed by atoms with Crippen LogP contribution in [0, 0.1) is 0 Å². The number of methoxy groups -OCH3 is 2. The van der Waals surface area contributed by atoms with Crippen LogP contribution in [0.3, 0.4) is 0 Å². The van der Waals surface area contributed by atoms with Gasteiger partial charge in [0.2, 0.25) is 0 Å². The number of fused-ring (bicyclic) bond motifs is 1. The number of esters is 1. The van der Waals surface area contributed by atoms with Gasteiger partial charge in [-0.1, -0.05) is 23.5 Å². The van der Waals surface area contributed by atoms with Crippen molar-refractivity contribution in [3.05, 3.63) is 83.0 Å². The van der Waals surface area contributed by atoms with Crippen LogP contribution in [0.15, 0.2) is 61.9 Å². The van der Waals surface area contributed by atoms with Crippen molar-refractivity contribution in [3.63, 3.8) is 0 Å². The molecule has 0 radical (unpaired) electrons. The molecule has 0 N–H and O–H groups in total. The van der Waals surface area contributed by atoms with E-state index in [0.717, 1.165) is 16.8 Å². The van der Waals surface area contributed by atoms with Crippen molar-refractivity contribution in [3.8, 4) is 11.5 Å². The van der Waals surface area contributed by atoms with Crippen LogP contribution in [0.1, 0.15) is 31.0 Å². The Kier molecular flexibility index (Phi) is 7.89. The summed E-state index contributed by atoms with van der Waals surface area (Å²) in [4.78, 5) is 34.0. The number of anilines is 1. The third kappa shape index (κ3) is 5.08. The molecule has 0 aliphatic carbocycles. The number of carbonyl (C=O) groups is 1. The Morgan fingerprint density at radius 1 is 1.19 bits per heavy atom. The minimum absolute atomic E-state index is 0.223. The number of hydrogen-bond donors (Lipinski definition) is 0. The predicted octanol–water partition coefficient (Wildman–Crippen LogP) is 3.64. The summed E-state index contributed by atoms with van der Waals surface area (Å²) in [6.07, 6.45) is 1.78. The molecule has 0 saturated heterocycles. The van der Waals surface area contributed by atoms with E-state index in [1.54, 1.807) is 44.8 Å². The Bertz CT molecular complexity index is 1550. The summed E-state index contributed by atoms with van der Waals surface area (Å²) in [5.74, 6) is 0.621. The maximum atomic E-state index is 13.8. The van der Waals surface area contributed by atoms with E-state index >= 15 is 0 Å². The van der Waals surface area contributed by atoms with Crippen LogP contribution in [-0.2, 0) is 9.53 Å². The third-order valence-electron chi connectivity index (χ3n) is 6.00. The molecule has 0 spiro atoms. The molecule has 1 atom stereocenters. The maximum Gasteiger partial charge on any atom is 0.338 e. The summed E-state index contributed by atoms with van der Waals surface area (Å²) in [6, 6.07) is 10.8. The molecular weight excluding hydrogens is 558 g/mol. The SMILES string of the molecule is CCOC(=O)C1=C(C)N=c2s/c(=C\c3cc(Br)c(OC)c(OC)c3)c(=O)n2C1c1ccc(N(C)C)cc1. The largest absolute Gasteiger partial charge is 0.493 e. The fourth-order valence-electron chi connectivity index (χ4n) is 4.23. The van der Waals surface area contributed by atoms with Gasteiger partial charge < -0.3 is 19.1 Å². The van der Waals surface area contributed by atoms with Crippen LogP contribution >= 0.6 is 27.3 Å². The zero-order valence-electron chi connectivity index (χ0n) is 21.5. The molecule has 2 heterocycles. The summed E-state index contributed by atoms with van der Waals surface area (Å²) in [7, 11) is 7.04. The number of nitrogens with zero attached hydrogens (tertiary/aromatic N) is 3. The van der Waals surface area contributed by atoms with Crippen molar-refractivity contribution in [2.75, 3.05) is 39.8 Å². The van der Waals surface area contributed by atoms with Gasteiger partial charge in [-0.05, 0) is 71.2 Å². The molecule has 0 fully saturated rings. The zero-order chi connectivity index (χ0) is 26.9. The Morgan fingerprint density at radius 3 is 2.49 bits per heavy atom. The topological polar surface area (TPSA) is 82.4 Å². The van der Waals surface area contributed by atoms with Gasteiger partial charge in [0.25, 0.3) is 5.56 Å². The van der Waals surface area contributed by atoms with Crippen molar-refractivity contribution in [1.82, 2.24) is 4.57 Å². The zero-order valence-corrected chi connectivity index (χ0v) is 23.9. The monoisotopic (exact) mass is 585 g/mol. The van der Waals surface area contributed by atoms with Crippen molar-refractivity contribution in [2.24, 2.45) is 4.99 Å². The number of ether oxygens (including phenoxy) is 3.